The number of nitrogens with one attached hydrogen (secondary N) is 1. The van der Waals surface area contributed by atoms with Gasteiger partial charge in [-0.05, 0) is 47.8 Å². The van der Waals surface area contributed by atoms with E-state index in [9.17, 15) is 17.6 Å². The van der Waals surface area contributed by atoms with Crippen molar-refractivity contribution >= 4 is 21.4 Å². The van der Waals surface area contributed by atoms with Gasteiger partial charge >= 0.3 is 0 Å². The average Bonchev–Trinajstić information content (AvgIpc) is 3.40. The molecule has 30 heavy (non-hydrogen) atoms. The second-order valence-corrected chi connectivity index (χ2v) is 9.32. The van der Waals surface area contributed by atoms with E-state index in [4.69, 9.17) is 4.52 Å². The normalized spacial score (nSPS) is 11.8. The highest BCUT2D eigenvalue weighted by Crippen LogP contribution is 2.23. The van der Waals surface area contributed by atoms with Crippen LogP contribution in [0, 0.1) is 5.82 Å². The maximum Gasteiger partial charge on any atom is 0.263 e. The molecule has 0 aliphatic rings. The Morgan fingerprint density at radius 2 is 1.93 bits per heavy atom. The van der Waals surface area contributed by atoms with E-state index in [0.717, 1.165) is 21.3 Å². The summed E-state index contributed by atoms with van der Waals surface area (Å²) in [5.41, 5.74) is 0.449. The molecule has 0 fully saturated rings. The van der Waals surface area contributed by atoms with E-state index in [1.54, 1.807) is 12.1 Å². The molecule has 8 nitrogen and oxygen atoms in total. The lowest BCUT2D eigenvalue weighted by atomic mass is 10.2. The molecule has 0 aliphatic carbocycles. The van der Waals surface area contributed by atoms with Gasteiger partial charge in [0.15, 0.2) is 5.82 Å². The van der Waals surface area contributed by atoms with Crippen LogP contribution < -0.4 is 5.56 Å². The van der Waals surface area contributed by atoms with Gasteiger partial charge in [-0.3, -0.25) is 4.79 Å². The number of H-pyrrole nitrogens is 1. The largest absolute Gasteiger partial charge is 0.334 e. The van der Waals surface area contributed by atoms with E-state index in [0.29, 0.717) is 5.69 Å². The SMILES string of the molecule is CN(Cc1noc(-c2ccc(-c3cccs3)[nH]c2=O)n1)S(=O)(=O)c1ccc(F)cc1. The molecule has 0 saturated carbocycles. The lowest BCUT2D eigenvalue weighted by molar-refractivity contribution is 0.402. The smallest absolute Gasteiger partial charge is 0.263 e. The van der Waals surface area contributed by atoms with E-state index in [1.807, 2.05) is 17.5 Å². The van der Waals surface area contributed by atoms with Gasteiger partial charge in [0.2, 0.25) is 10.0 Å². The average molecular weight is 446 g/mol. The van der Waals surface area contributed by atoms with Crippen molar-refractivity contribution in [2.24, 2.45) is 0 Å². The maximum absolute atomic E-state index is 13.1. The molecule has 3 heterocycles. The van der Waals surface area contributed by atoms with Gasteiger partial charge in [-0.1, -0.05) is 11.2 Å². The third-order valence-corrected chi connectivity index (χ3v) is 7.00. The van der Waals surface area contributed by atoms with Crippen molar-refractivity contribution in [1.82, 2.24) is 19.4 Å². The van der Waals surface area contributed by atoms with Crippen molar-refractivity contribution < 1.29 is 17.3 Å². The Balaban J connectivity index is 1.54. The Kier molecular flexibility index (Phi) is 5.33. The number of sulfonamides is 1. The first kappa shape index (κ1) is 20.1. The monoisotopic (exact) mass is 446 g/mol. The van der Waals surface area contributed by atoms with E-state index in [-0.39, 0.29) is 28.7 Å². The van der Waals surface area contributed by atoms with Crippen LogP contribution in [0.15, 0.2) is 68.1 Å². The Morgan fingerprint density at radius 3 is 2.60 bits per heavy atom. The third kappa shape index (κ3) is 3.95. The number of hydrogen-bond acceptors (Lipinski definition) is 7. The lowest BCUT2D eigenvalue weighted by Gasteiger charge is -2.15. The van der Waals surface area contributed by atoms with Crippen LogP contribution in [0.1, 0.15) is 5.82 Å². The third-order valence-electron chi connectivity index (χ3n) is 4.28. The molecule has 0 radical (unpaired) electrons. The molecule has 3 aromatic heterocycles. The number of aromatic nitrogens is 3. The number of rotatable bonds is 6. The maximum atomic E-state index is 13.1. The Morgan fingerprint density at radius 1 is 1.17 bits per heavy atom. The predicted octanol–water partition coefficient (Wildman–Crippen LogP) is 3.11. The molecule has 0 atom stereocenters. The summed E-state index contributed by atoms with van der Waals surface area (Å²) in [5, 5.41) is 5.67. The molecule has 154 valence electrons. The van der Waals surface area contributed by atoms with Crippen molar-refractivity contribution in [3.8, 4) is 22.0 Å². The minimum Gasteiger partial charge on any atom is -0.334 e. The molecule has 0 spiro atoms. The van der Waals surface area contributed by atoms with Crippen LogP contribution in [0.25, 0.3) is 22.0 Å². The fourth-order valence-electron chi connectivity index (χ4n) is 2.72. The number of pyridine rings is 1. The van der Waals surface area contributed by atoms with Crippen molar-refractivity contribution in [2.75, 3.05) is 7.05 Å². The fraction of sp³-hybridized carbons (Fsp3) is 0.105. The predicted molar refractivity (Wildman–Crippen MR) is 109 cm³/mol. The standard InChI is InChI=1S/C19H15FN4O4S2/c1-24(30(26,27)13-6-4-12(20)5-7-13)11-17-22-19(28-23-17)14-8-9-15(21-18(14)25)16-3-2-10-29-16/h2-10H,11H2,1H3,(H,21,25). The summed E-state index contributed by atoms with van der Waals surface area (Å²) in [6, 6.07) is 11.6. The zero-order chi connectivity index (χ0) is 21.3. The van der Waals surface area contributed by atoms with Gasteiger partial charge in [0.1, 0.15) is 11.4 Å². The van der Waals surface area contributed by atoms with Gasteiger partial charge in [-0.2, -0.15) is 9.29 Å². The Labute approximate surface area is 174 Å². The zero-order valence-corrected chi connectivity index (χ0v) is 17.2. The molecule has 11 heteroatoms. The van der Waals surface area contributed by atoms with Gasteiger partial charge in [0.05, 0.1) is 22.0 Å². The number of aromatic amines is 1. The lowest BCUT2D eigenvalue weighted by Crippen LogP contribution is -2.27. The summed E-state index contributed by atoms with van der Waals surface area (Å²) >= 11 is 1.49. The molecule has 0 unspecified atom stereocenters. The van der Waals surface area contributed by atoms with Crippen molar-refractivity contribution in [3.63, 3.8) is 0 Å². The minimum atomic E-state index is -3.87. The molecule has 1 N–H and O–H groups in total. The highest BCUT2D eigenvalue weighted by Gasteiger charge is 2.23. The van der Waals surface area contributed by atoms with Crippen LogP contribution in [0.5, 0.6) is 0 Å². The summed E-state index contributed by atoms with van der Waals surface area (Å²) in [6.45, 7) is -0.186. The summed E-state index contributed by atoms with van der Waals surface area (Å²) in [4.78, 5) is 20.2. The molecule has 4 rings (SSSR count). The topological polar surface area (TPSA) is 109 Å². The quantitative estimate of drug-likeness (QED) is 0.487. The molecule has 1 aromatic carbocycles. The van der Waals surface area contributed by atoms with E-state index in [2.05, 4.69) is 15.1 Å². The zero-order valence-electron chi connectivity index (χ0n) is 15.6. The van der Waals surface area contributed by atoms with Crippen LogP contribution in [0.2, 0.25) is 0 Å². The van der Waals surface area contributed by atoms with Crippen molar-refractivity contribution in [2.45, 2.75) is 11.4 Å². The van der Waals surface area contributed by atoms with Gasteiger partial charge < -0.3 is 9.51 Å². The summed E-state index contributed by atoms with van der Waals surface area (Å²) in [7, 11) is -2.53. The van der Waals surface area contributed by atoms with Gasteiger partial charge in [-0.25, -0.2) is 12.8 Å². The van der Waals surface area contributed by atoms with Crippen LogP contribution >= 0.6 is 11.3 Å². The fourth-order valence-corrected chi connectivity index (χ4v) is 4.55. The van der Waals surface area contributed by atoms with Gasteiger partial charge in [0, 0.05) is 7.05 Å². The van der Waals surface area contributed by atoms with E-state index < -0.39 is 21.4 Å². The van der Waals surface area contributed by atoms with Crippen molar-refractivity contribution in [1.29, 1.82) is 0 Å². The van der Waals surface area contributed by atoms with Crippen molar-refractivity contribution in [3.05, 3.63) is 75.9 Å². The van der Waals surface area contributed by atoms with Gasteiger partial charge in [-0.15, -0.1) is 11.3 Å². The van der Waals surface area contributed by atoms with Crippen LogP contribution in [0.4, 0.5) is 4.39 Å². The first-order chi connectivity index (χ1) is 14.3. The molecule has 0 bridgehead atoms. The molecular formula is C19H15FN4O4S2. The minimum absolute atomic E-state index is 0.0171. The van der Waals surface area contributed by atoms with Gasteiger partial charge in [0.25, 0.3) is 11.4 Å². The van der Waals surface area contributed by atoms with Crippen LogP contribution in [-0.4, -0.2) is 34.9 Å². The van der Waals surface area contributed by atoms with Crippen LogP contribution in [-0.2, 0) is 16.6 Å². The number of hydrogen-bond donors (Lipinski definition) is 1. The number of nitrogens with zero attached hydrogens (tertiary/aromatic N) is 3. The highest BCUT2D eigenvalue weighted by molar-refractivity contribution is 7.89. The Bertz CT molecular complexity index is 1330. The number of halogens is 1. The number of thiophene rings is 1. The molecule has 0 saturated heterocycles. The highest BCUT2D eigenvalue weighted by atomic mass is 32.2. The first-order valence-electron chi connectivity index (χ1n) is 8.66. The number of benzene rings is 1. The summed E-state index contributed by atoms with van der Waals surface area (Å²) in [5.74, 6) is -0.466. The second kappa shape index (κ2) is 7.94. The molecular weight excluding hydrogens is 431 g/mol. The van der Waals surface area contributed by atoms with E-state index >= 15 is 0 Å². The summed E-state index contributed by atoms with van der Waals surface area (Å²) in [6.07, 6.45) is 0. The summed E-state index contributed by atoms with van der Waals surface area (Å²) < 4.78 is 44.4. The molecule has 0 aliphatic heterocycles. The Hall–Kier alpha value is -3.15. The first-order valence-corrected chi connectivity index (χ1v) is 11.0. The van der Waals surface area contributed by atoms with Crippen LogP contribution in [0.3, 0.4) is 0 Å². The molecule has 4 aromatic rings. The molecule has 0 amide bonds. The van der Waals surface area contributed by atoms with E-state index in [1.165, 1.54) is 30.5 Å². The second-order valence-electron chi connectivity index (χ2n) is 6.32.